The standard InChI is InChI=1S/C21H22N4O3/c1-14-5-3-7-16(11-14)20-22-21(28-23-20)17-8-9-18(19(12-17)25(26)27)24-10-4-6-15(2)13-24/h3,5,7-9,11-12,15H,4,6,10,13H2,1-2H3/t15-/m0/s1. The highest BCUT2D eigenvalue weighted by molar-refractivity contribution is 5.71. The van der Waals surface area contributed by atoms with Crippen molar-refractivity contribution in [3.8, 4) is 22.8 Å². The number of nitrogens with zero attached hydrogens (tertiary/aromatic N) is 4. The van der Waals surface area contributed by atoms with Crippen molar-refractivity contribution in [1.29, 1.82) is 0 Å². The molecular weight excluding hydrogens is 356 g/mol. The summed E-state index contributed by atoms with van der Waals surface area (Å²) in [6, 6.07) is 12.9. The van der Waals surface area contributed by atoms with E-state index in [1.54, 1.807) is 6.07 Å². The molecule has 4 rings (SSSR count). The van der Waals surface area contributed by atoms with Gasteiger partial charge in [0.25, 0.3) is 11.6 Å². The first-order valence-electron chi connectivity index (χ1n) is 9.46. The van der Waals surface area contributed by atoms with E-state index in [0.29, 0.717) is 23.0 Å². The lowest BCUT2D eigenvalue weighted by Crippen LogP contribution is -2.34. The number of hydrogen-bond acceptors (Lipinski definition) is 6. The second-order valence-electron chi connectivity index (χ2n) is 7.45. The van der Waals surface area contributed by atoms with Gasteiger partial charge in [0.1, 0.15) is 5.69 Å². The zero-order valence-electron chi connectivity index (χ0n) is 16.0. The highest BCUT2D eigenvalue weighted by atomic mass is 16.6. The minimum absolute atomic E-state index is 0.0712. The van der Waals surface area contributed by atoms with Gasteiger partial charge in [-0.05, 0) is 43.9 Å². The summed E-state index contributed by atoms with van der Waals surface area (Å²) in [4.78, 5) is 17.9. The van der Waals surface area contributed by atoms with Gasteiger partial charge < -0.3 is 9.42 Å². The summed E-state index contributed by atoms with van der Waals surface area (Å²) in [7, 11) is 0. The molecule has 1 aromatic heterocycles. The van der Waals surface area contributed by atoms with E-state index in [-0.39, 0.29) is 16.5 Å². The minimum atomic E-state index is -0.337. The molecule has 0 saturated carbocycles. The first kappa shape index (κ1) is 18.2. The molecule has 2 heterocycles. The molecule has 0 amide bonds. The summed E-state index contributed by atoms with van der Waals surface area (Å²) < 4.78 is 5.38. The Labute approximate surface area is 163 Å². The van der Waals surface area contributed by atoms with E-state index in [2.05, 4.69) is 22.0 Å². The van der Waals surface area contributed by atoms with Crippen molar-refractivity contribution < 1.29 is 9.45 Å². The molecule has 1 aliphatic heterocycles. The quantitative estimate of drug-likeness (QED) is 0.476. The number of aromatic nitrogens is 2. The van der Waals surface area contributed by atoms with Crippen LogP contribution in [0.25, 0.3) is 22.8 Å². The summed E-state index contributed by atoms with van der Waals surface area (Å²) in [5.41, 5.74) is 3.22. The topological polar surface area (TPSA) is 85.3 Å². The lowest BCUT2D eigenvalue weighted by molar-refractivity contribution is -0.384. The second-order valence-corrected chi connectivity index (χ2v) is 7.45. The zero-order chi connectivity index (χ0) is 19.7. The predicted molar refractivity (Wildman–Crippen MR) is 107 cm³/mol. The van der Waals surface area contributed by atoms with Gasteiger partial charge in [0.2, 0.25) is 5.82 Å². The minimum Gasteiger partial charge on any atom is -0.366 e. The summed E-state index contributed by atoms with van der Waals surface area (Å²) in [6.07, 6.45) is 2.20. The van der Waals surface area contributed by atoms with Gasteiger partial charge in [-0.15, -0.1) is 0 Å². The second kappa shape index (κ2) is 7.42. The molecule has 1 aliphatic rings. The summed E-state index contributed by atoms with van der Waals surface area (Å²) >= 11 is 0. The third kappa shape index (κ3) is 3.60. The molecule has 1 atom stereocenters. The Bertz CT molecular complexity index is 1010. The van der Waals surface area contributed by atoms with Gasteiger partial charge in [0.15, 0.2) is 0 Å². The first-order chi connectivity index (χ1) is 13.5. The fraction of sp³-hybridized carbons (Fsp3) is 0.333. The van der Waals surface area contributed by atoms with Crippen LogP contribution in [0.2, 0.25) is 0 Å². The van der Waals surface area contributed by atoms with Crippen LogP contribution in [-0.2, 0) is 0 Å². The van der Waals surface area contributed by atoms with E-state index in [4.69, 9.17) is 4.52 Å². The molecule has 3 aromatic rings. The van der Waals surface area contributed by atoms with E-state index in [1.165, 1.54) is 6.07 Å². The van der Waals surface area contributed by atoms with Gasteiger partial charge >= 0.3 is 0 Å². The van der Waals surface area contributed by atoms with Crippen LogP contribution in [0.15, 0.2) is 47.0 Å². The maximum absolute atomic E-state index is 11.7. The number of rotatable bonds is 4. The summed E-state index contributed by atoms with van der Waals surface area (Å²) in [6.45, 7) is 5.84. The molecule has 7 heteroatoms. The van der Waals surface area contributed by atoms with Crippen molar-refractivity contribution in [1.82, 2.24) is 10.1 Å². The van der Waals surface area contributed by atoms with Crippen molar-refractivity contribution >= 4 is 11.4 Å². The van der Waals surface area contributed by atoms with E-state index < -0.39 is 0 Å². The predicted octanol–water partition coefficient (Wildman–Crippen LogP) is 4.86. The number of nitro benzene ring substituents is 1. The normalized spacial score (nSPS) is 16.9. The van der Waals surface area contributed by atoms with Crippen LogP contribution in [0.4, 0.5) is 11.4 Å². The number of nitro groups is 1. The average Bonchev–Trinajstić information content (AvgIpc) is 3.18. The maximum Gasteiger partial charge on any atom is 0.293 e. The molecule has 0 aliphatic carbocycles. The van der Waals surface area contributed by atoms with Crippen LogP contribution in [0, 0.1) is 23.0 Å². The highest BCUT2D eigenvalue weighted by Gasteiger charge is 2.25. The van der Waals surface area contributed by atoms with Crippen molar-refractivity contribution in [2.24, 2.45) is 5.92 Å². The van der Waals surface area contributed by atoms with Gasteiger partial charge in [-0.2, -0.15) is 4.98 Å². The van der Waals surface area contributed by atoms with Gasteiger partial charge in [-0.3, -0.25) is 10.1 Å². The summed E-state index contributed by atoms with van der Waals surface area (Å²) in [5.74, 6) is 1.27. The molecule has 144 valence electrons. The third-order valence-electron chi connectivity index (χ3n) is 5.12. The maximum atomic E-state index is 11.7. The fourth-order valence-corrected chi connectivity index (χ4v) is 3.72. The van der Waals surface area contributed by atoms with Crippen LogP contribution in [0.5, 0.6) is 0 Å². The molecule has 1 fully saturated rings. The number of anilines is 1. The first-order valence-corrected chi connectivity index (χ1v) is 9.46. The van der Waals surface area contributed by atoms with Gasteiger partial charge in [-0.25, -0.2) is 0 Å². The lowest BCUT2D eigenvalue weighted by Gasteiger charge is -2.32. The molecule has 2 aromatic carbocycles. The van der Waals surface area contributed by atoms with Crippen molar-refractivity contribution in [3.63, 3.8) is 0 Å². The van der Waals surface area contributed by atoms with Crippen LogP contribution >= 0.6 is 0 Å². The van der Waals surface area contributed by atoms with Crippen molar-refractivity contribution in [3.05, 3.63) is 58.1 Å². The molecule has 0 unspecified atom stereocenters. The molecule has 0 bridgehead atoms. The largest absolute Gasteiger partial charge is 0.366 e. The van der Waals surface area contributed by atoms with Crippen LogP contribution < -0.4 is 4.90 Å². The molecule has 7 nitrogen and oxygen atoms in total. The van der Waals surface area contributed by atoms with E-state index in [9.17, 15) is 10.1 Å². The smallest absolute Gasteiger partial charge is 0.293 e. The molecule has 0 spiro atoms. The number of hydrogen-bond donors (Lipinski definition) is 0. The van der Waals surface area contributed by atoms with E-state index in [0.717, 1.165) is 37.1 Å². The van der Waals surface area contributed by atoms with Gasteiger partial charge in [-0.1, -0.05) is 35.8 Å². The Kier molecular flexibility index (Phi) is 4.81. The Morgan fingerprint density at radius 3 is 2.82 bits per heavy atom. The van der Waals surface area contributed by atoms with E-state index >= 15 is 0 Å². The van der Waals surface area contributed by atoms with Gasteiger partial charge in [0.05, 0.1) is 4.92 Å². The molecule has 28 heavy (non-hydrogen) atoms. The molecule has 0 N–H and O–H groups in total. The zero-order valence-corrected chi connectivity index (χ0v) is 16.0. The Morgan fingerprint density at radius 2 is 2.07 bits per heavy atom. The Balaban J connectivity index is 1.67. The molecule has 1 saturated heterocycles. The number of benzene rings is 2. The fourth-order valence-electron chi connectivity index (χ4n) is 3.72. The van der Waals surface area contributed by atoms with E-state index in [1.807, 2.05) is 37.3 Å². The lowest BCUT2D eigenvalue weighted by atomic mass is 9.99. The SMILES string of the molecule is Cc1cccc(-c2noc(-c3ccc(N4CCC[C@H](C)C4)c([N+](=O)[O-])c3)n2)c1. The Morgan fingerprint density at radius 1 is 1.21 bits per heavy atom. The van der Waals surface area contributed by atoms with Gasteiger partial charge in [0, 0.05) is 30.3 Å². The Hall–Kier alpha value is -3.22. The molecular formula is C21H22N4O3. The monoisotopic (exact) mass is 378 g/mol. The number of piperidine rings is 1. The van der Waals surface area contributed by atoms with Crippen LogP contribution in [-0.4, -0.2) is 28.2 Å². The van der Waals surface area contributed by atoms with Crippen molar-refractivity contribution in [2.45, 2.75) is 26.7 Å². The van der Waals surface area contributed by atoms with Crippen LogP contribution in [0.3, 0.4) is 0 Å². The van der Waals surface area contributed by atoms with Crippen molar-refractivity contribution in [2.75, 3.05) is 18.0 Å². The summed E-state index contributed by atoms with van der Waals surface area (Å²) in [5, 5.41) is 15.7. The number of aryl methyl sites for hydroxylation is 1. The average molecular weight is 378 g/mol. The third-order valence-corrected chi connectivity index (χ3v) is 5.12. The highest BCUT2D eigenvalue weighted by Crippen LogP contribution is 2.35. The van der Waals surface area contributed by atoms with Crippen LogP contribution in [0.1, 0.15) is 25.3 Å². The molecule has 0 radical (unpaired) electrons.